The van der Waals surface area contributed by atoms with Crippen LogP contribution in [-0.4, -0.2) is 42.7 Å². The van der Waals surface area contributed by atoms with Crippen molar-refractivity contribution in [2.24, 2.45) is 0 Å². The van der Waals surface area contributed by atoms with E-state index in [0.717, 1.165) is 31.7 Å². The topological polar surface area (TPSA) is 42.1 Å². The van der Waals surface area contributed by atoms with E-state index in [9.17, 15) is 4.79 Å². The molecule has 1 aromatic carbocycles. The molecule has 0 aliphatic carbocycles. The summed E-state index contributed by atoms with van der Waals surface area (Å²) >= 11 is 6.07. The van der Waals surface area contributed by atoms with Gasteiger partial charge >= 0.3 is 0 Å². The van der Waals surface area contributed by atoms with Crippen molar-refractivity contribution in [2.75, 3.05) is 19.7 Å². The Kier molecular flexibility index (Phi) is 3.62. The van der Waals surface area contributed by atoms with Crippen LogP contribution in [0.2, 0.25) is 5.02 Å². The first-order valence-electron chi connectivity index (χ1n) is 6.55. The lowest BCUT2D eigenvalue weighted by molar-refractivity contribution is -0.134. The van der Waals surface area contributed by atoms with Gasteiger partial charge in [0, 0.05) is 25.9 Å². The maximum Gasteiger partial charge on any atom is 0.254 e. The summed E-state index contributed by atoms with van der Waals surface area (Å²) in [7, 11) is 0. The zero-order valence-corrected chi connectivity index (χ0v) is 11.3. The van der Waals surface area contributed by atoms with E-state index in [-0.39, 0.29) is 18.1 Å². The smallest absolute Gasteiger partial charge is 0.254 e. The standard InChI is InChI=1S/C14H16ClNO3/c15-11-3-1-2-4-12(11)19-10-5-7-16(8-6-10)14(17)13-9-18-13/h1-4,10,13H,5-9H2. The first-order chi connectivity index (χ1) is 9.24. The van der Waals surface area contributed by atoms with E-state index in [1.807, 2.05) is 29.2 Å². The molecule has 1 amide bonds. The average Bonchev–Trinajstić information content (AvgIpc) is 3.26. The van der Waals surface area contributed by atoms with Crippen LogP contribution in [-0.2, 0) is 9.53 Å². The highest BCUT2D eigenvalue weighted by molar-refractivity contribution is 6.32. The summed E-state index contributed by atoms with van der Waals surface area (Å²) in [5.41, 5.74) is 0. The Balaban J connectivity index is 1.53. The van der Waals surface area contributed by atoms with Gasteiger partial charge in [-0.25, -0.2) is 0 Å². The number of benzene rings is 1. The molecule has 2 aliphatic heterocycles. The van der Waals surface area contributed by atoms with Gasteiger partial charge in [-0.3, -0.25) is 4.79 Å². The fourth-order valence-corrected chi connectivity index (χ4v) is 2.49. The van der Waals surface area contributed by atoms with Crippen LogP contribution in [0.4, 0.5) is 0 Å². The van der Waals surface area contributed by atoms with Crippen LogP contribution in [0.5, 0.6) is 5.75 Å². The molecule has 0 aromatic heterocycles. The molecule has 0 radical (unpaired) electrons. The van der Waals surface area contributed by atoms with Gasteiger partial charge in [0.05, 0.1) is 11.6 Å². The van der Waals surface area contributed by atoms with Crippen LogP contribution in [0.25, 0.3) is 0 Å². The van der Waals surface area contributed by atoms with Gasteiger partial charge in [-0.15, -0.1) is 0 Å². The minimum Gasteiger partial charge on any atom is -0.489 e. The highest BCUT2D eigenvalue weighted by Gasteiger charge is 2.36. The number of amides is 1. The van der Waals surface area contributed by atoms with Crippen LogP contribution < -0.4 is 4.74 Å². The minimum atomic E-state index is -0.180. The first kappa shape index (κ1) is 12.8. The molecule has 3 rings (SSSR count). The summed E-state index contributed by atoms with van der Waals surface area (Å²) in [4.78, 5) is 13.7. The molecule has 2 aliphatic rings. The highest BCUT2D eigenvalue weighted by Crippen LogP contribution is 2.27. The van der Waals surface area contributed by atoms with Crippen LogP contribution in [0.3, 0.4) is 0 Å². The number of nitrogens with zero attached hydrogens (tertiary/aromatic N) is 1. The van der Waals surface area contributed by atoms with Crippen molar-refractivity contribution in [3.05, 3.63) is 29.3 Å². The number of para-hydroxylation sites is 1. The lowest BCUT2D eigenvalue weighted by Crippen LogP contribution is -2.43. The maximum atomic E-state index is 11.8. The number of hydrogen-bond acceptors (Lipinski definition) is 3. The van der Waals surface area contributed by atoms with Crippen molar-refractivity contribution in [3.8, 4) is 5.75 Å². The van der Waals surface area contributed by atoms with Crippen LogP contribution in [0.1, 0.15) is 12.8 Å². The molecule has 5 heteroatoms. The van der Waals surface area contributed by atoms with Crippen molar-refractivity contribution in [3.63, 3.8) is 0 Å². The monoisotopic (exact) mass is 281 g/mol. The zero-order valence-electron chi connectivity index (χ0n) is 10.5. The fraction of sp³-hybridized carbons (Fsp3) is 0.500. The van der Waals surface area contributed by atoms with E-state index in [1.165, 1.54) is 0 Å². The Morgan fingerprint density at radius 1 is 1.32 bits per heavy atom. The van der Waals surface area contributed by atoms with E-state index in [0.29, 0.717) is 11.6 Å². The average molecular weight is 282 g/mol. The number of carbonyl (C=O) groups is 1. The molecule has 2 saturated heterocycles. The third kappa shape index (κ3) is 3.01. The van der Waals surface area contributed by atoms with Gasteiger partial charge in [-0.05, 0) is 12.1 Å². The third-order valence-corrected chi connectivity index (χ3v) is 3.80. The van der Waals surface area contributed by atoms with Gasteiger partial charge in [0.15, 0.2) is 6.10 Å². The quantitative estimate of drug-likeness (QED) is 0.797. The summed E-state index contributed by atoms with van der Waals surface area (Å²) in [5.74, 6) is 0.843. The number of piperidine rings is 1. The van der Waals surface area contributed by atoms with E-state index < -0.39 is 0 Å². The second-order valence-corrected chi connectivity index (χ2v) is 5.30. The Bertz CT molecular complexity index is 468. The molecule has 2 heterocycles. The number of carbonyl (C=O) groups excluding carboxylic acids is 1. The van der Waals surface area contributed by atoms with E-state index in [4.69, 9.17) is 21.1 Å². The SMILES string of the molecule is O=C(C1CO1)N1CCC(Oc2ccccc2Cl)CC1. The minimum absolute atomic E-state index is 0.121. The number of epoxide rings is 1. The first-order valence-corrected chi connectivity index (χ1v) is 6.93. The van der Waals surface area contributed by atoms with Crippen molar-refractivity contribution >= 4 is 17.5 Å². The predicted octanol–water partition coefficient (Wildman–Crippen LogP) is 2.11. The van der Waals surface area contributed by atoms with Gasteiger partial charge in [0.1, 0.15) is 11.9 Å². The van der Waals surface area contributed by atoms with Gasteiger partial charge < -0.3 is 14.4 Å². The summed E-state index contributed by atoms with van der Waals surface area (Å²) < 4.78 is 10.9. The second kappa shape index (κ2) is 5.39. The number of likely N-dealkylation sites (tertiary alicyclic amines) is 1. The summed E-state index contributed by atoms with van der Waals surface area (Å²) in [6, 6.07) is 7.48. The largest absolute Gasteiger partial charge is 0.489 e. The predicted molar refractivity (Wildman–Crippen MR) is 71.4 cm³/mol. The van der Waals surface area contributed by atoms with Crippen molar-refractivity contribution < 1.29 is 14.3 Å². The van der Waals surface area contributed by atoms with Crippen LogP contribution in [0.15, 0.2) is 24.3 Å². The molecular weight excluding hydrogens is 266 g/mol. The molecule has 102 valence electrons. The number of rotatable bonds is 3. The summed E-state index contributed by atoms with van der Waals surface area (Å²) in [6.45, 7) is 2.04. The molecule has 0 spiro atoms. The van der Waals surface area contributed by atoms with Gasteiger partial charge in [0.25, 0.3) is 5.91 Å². The third-order valence-electron chi connectivity index (χ3n) is 3.49. The van der Waals surface area contributed by atoms with Gasteiger partial charge in [-0.1, -0.05) is 23.7 Å². The highest BCUT2D eigenvalue weighted by atomic mass is 35.5. The summed E-state index contributed by atoms with van der Waals surface area (Å²) in [6.07, 6.45) is 1.62. The zero-order chi connectivity index (χ0) is 13.2. The molecule has 2 fully saturated rings. The maximum absolute atomic E-state index is 11.8. The second-order valence-electron chi connectivity index (χ2n) is 4.89. The summed E-state index contributed by atoms with van der Waals surface area (Å²) in [5, 5.41) is 0.632. The van der Waals surface area contributed by atoms with Gasteiger partial charge in [0.2, 0.25) is 0 Å². The number of halogens is 1. The van der Waals surface area contributed by atoms with Crippen molar-refractivity contribution in [2.45, 2.75) is 25.0 Å². The molecule has 0 saturated carbocycles. The van der Waals surface area contributed by atoms with Gasteiger partial charge in [-0.2, -0.15) is 0 Å². The van der Waals surface area contributed by atoms with E-state index >= 15 is 0 Å². The van der Waals surface area contributed by atoms with E-state index in [2.05, 4.69) is 0 Å². The molecule has 1 atom stereocenters. The van der Waals surface area contributed by atoms with Crippen molar-refractivity contribution in [1.29, 1.82) is 0 Å². The van der Waals surface area contributed by atoms with Crippen LogP contribution >= 0.6 is 11.6 Å². The number of ether oxygens (including phenoxy) is 2. The lowest BCUT2D eigenvalue weighted by Gasteiger charge is -2.32. The Hall–Kier alpha value is -1.26. The lowest BCUT2D eigenvalue weighted by atomic mass is 10.1. The Labute approximate surface area is 117 Å². The van der Waals surface area contributed by atoms with E-state index in [1.54, 1.807) is 0 Å². The molecule has 4 nitrogen and oxygen atoms in total. The normalized spacial score (nSPS) is 23.2. The van der Waals surface area contributed by atoms with Crippen LogP contribution in [0, 0.1) is 0 Å². The number of hydrogen-bond donors (Lipinski definition) is 0. The fourth-order valence-electron chi connectivity index (χ4n) is 2.31. The Morgan fingerprint density at radius 3 is 2.63 bits per heavy atom. The molecule has 0 bridgehead atoms. The molecule has 1 unspecified atom stereocenters. The molecule has 19 heavy (non-hydrogen) atoms. The molecule has 1 aromatic rings. The van der Waals surface area contributed by atoms with Crippen molar-refractivity contribution in [1.82, 2.24) is 4.90 Å². The Morgan fingerprint density at radius 2 is 2.00 bits per heavy atom. The molecular formula is C14H16ClNO3. The molecule has 0 N–H and O–H groups in total.